The van der Waals surface area contributed by atoms with Gasteiger partial charge in [0, 0.05) is 29.9 Å². The number of hydrogen-bond acceptors (Lipinski definition) is 4. The third-order valence-corrected chi connectivity index (χ3v) is 5.09. The maximum absolute atomic E-state index is 12.6. The Balaban J connectivity index is 1.66. The van der Waals surface area contributed by atoms with Crippen LogP contribution in [-0.4, -0.2) is 39.3 Å². The van der Waals surface area contributed by atoms with Gasteiger partial charge in [0.15, 0.2) is 0 Å². The minimum Gasteiger partial charge on any atom is -0.496 e. The van der Waals surface area contributed by atoms with E-state index in [0.717, 1.165) is 23.1 Å². The number of hydrogen-bond donors (Lipinski definition) is 2. The molecule has 0 bridgehead atoms. The summed E-state index contributed by atoms with van der Waals surface area (Å²) < 4.78 is 10.9. The van der Waals surface area contributed by atoms with E-state index in [1.54, 1.807) is 20.3 Å². The summed E-state index contributed by atoms with van der Waals surface area (Å²) in [6.07, 6.45) is 6.45. The SMILES string of the molecule is COc1cccc2c(OC)c(C(=O)NCCNC3CCCCC3)ccc12. The molecule has 140 valence electrons. The Morgan fingerprint density at radius 1 is 1.00 bits per heavy atom. The van der Waals surface area contributed by atoms with Crippen molar-refractivity contribution in [1.82, 2.24) is 10.6 Å². The second-order valence-corrected chi connectivity index (χ2v) is 6.75. The number of nitrogens with one attached hydrogen (secondary N) is 2. The molecule has 1 saturated carbocycles. The first kappa shape index (κ1) is 18.5. The van der Waals surface area contributed by atoms with E-state index in [1.165, 1.54) is 32.1 Å². The Labute approximate surface area is 155 Å². The summed E-state index contributed by atoms with van der Waals surface area (Å²) in [7, 11) is 3.23. The summed E-state index contributed by atoms with van der Waals surface area (Å²) in [6, 6.07) is 10.1. The molecule has 3 rings (SSSR count). The van der Waals surface area contributed by atoms with Crippen LogP contribution in [0.15, 0.2) is 30.3 Å². The first-order valence-electron chi connectivity index (χ1n) is 9.40. The van der Waals surface area contributed by atoms with Gasteiger partial charge in [-0.1, -0.05) is 31.4 Å². The molecule has 0 unspecified atom stereocenters. The molecule has 0 heterocycles. The van der Waals surface area contributed by atoms with Crippen LogP contribution < -0.4 is 20.1 Å². The fourth-order valence-electron chi connectivity index (χ4n) is 3.73. The molecule has 1 aliphatic carbocycles. The Morgan fingerprint density at radius 2 is 1.81 bits per heavy atom. The van der Waals surface area contributed by atoms with Gasteiger partial charge in [-0.15, -0.1) is 0 Å². The van der Waals surface area contributed by atoms with Crippen molar-refractivity contribution in [3.63, 3.8) is 0 Å². The van der Waals surface area contributed by atoms with E-state index in [4.69, 9.17) is 9.47 Å². The van der Waals surface area contributed by atoms with Gasteiger partial charge in [0.05, 0.1) is 19.8 Å². The van der Waals surface area contributed by atoms with Crippen molar-refractivity contribution in [1.29, 1.82) is 0 Å². The summed E-state index contributed by atoms with van der Waals surface area (Å²) in [5, 5.41) is 8.34. The fourth-order valence-corrected chi connectivity index (χ4v) is 3.73. The second kappa shape index (κ2) is 8.90. The van der Waals surface area contributed by atoms with E-state index < -0.39 is 0 Å². The predicted octanol–water partition coefficient (Wildman–Crippen LogP) is 3.51. The molecule has 1 fully saturated rings. The lowest BCUT2D eigenvalue weighted by Crippen LogP contribution is -2.38. The summed E-state index contributed by atoms with van der Waals surface area (Å²) in [4.78, 5) is 12.6. The van der Waals surface area contributed by atoms with Gasteiger partial charge in [-0.2, -0.15) is 0 Å². The number of amides is 1. The normalized spacial score (nSPS) is 15.0. The molecule has 26 heavy (non-hydrogen) atoms. The van der Waals surface area contributed by atoms with Crippen LogP contribution in [0.25, 0.3) is 10.8 Å². The van der Waals surface area contributed by atoms with Gasteiger partial charge in [-0.25, -0.2) is 0 Å². The third kappa shape index (κ3) is 4.10. The Morgan fingerprint density at radius 3 is 2.54 bits per heavy atom. The molecule has 2 aromatic carbocycles. The van der Waals surface area contributed by atoms with Crippen molar-refractivity contribution in [2.24, 2.45) is 0 Å². The van der Waals surface area contributed by atoms with Gasteiger partial charge in [0.1, 0.15) is 11.5 Å². The average Bonchev–Trinajstić information content (AvgIpc) is 2.70. The fraction of sp³-hybridized carbons (Fsp3) is 0.476. The van der Waals surface area contributed by atoms with Crippen LogP contribution in [-0.2, 0) is 0 Å². The van der Waals surface area contributed by atoms with E-state index in [9.17, 15) is 4.79 Å². The zero-order chi connectivity index (χ0) is 18.4. The zero-order valence-corrected chi connectivity index (χ0v) is 15.6. The molecule has 0 saturated heterocycles. The highest BCUT2D eigenvalue weighted by Crippen LogP contribution is 2.34. The molecule has 0 radical (unpaired) electrons. The van der Waals surface area contributed by atoms with Crippen molar-refractivity contribution in [2.45, 2.75) is 38.1 Å². The second-order valence-electron chi connectivity index (χ2n) is 6.75. The van der Waals surface area contributed by atoms with Gasteiger partial charge in [0.25, 0.3) is 5.91 Å². The molecule has 1 aliphatic rings. The van der Waals surface area contributed by atoms with Gasteiger partial charge in [0.2, 0.25) is 0 Å². The van der Waals surface area contributed by atoms with Crippen LogP contribution in [0.5, 0.6) is 11.5 Å². The lowest BCUT2D eigenvalue weighted by molar-refractivity contribution is 0.0950. The zero-order valence-electron chi connectivity index (χ0n) is 15.6. The van der Waals surface area contributed by atoms with Crippen molar-refractivity contribution in [3.05, 3.63) is 35.9 Å². The van der Waals surface area contributed by atoms with Gasteiger partial charge < -0.3 is 20.1 Å². The lowest BCUT2D eigenvalue weighted by atomic mass is 9.95. The molecule has 0 aromatic heterocycles. The van der Waals surface area contributed by atoms with Crippen LogP contribution in [0.2, 0.25) is 0 Å². The number of carbonyl (C=O) groups excluding carboxylic acids is 1. The van der Waals surface area contributed by atoms with E-state index in [0.29, 0.717) is 23.9 Å². The number of rotatable bonds is 7. The van der Waals surface area contributed by atoms with Crippen molar-refractivity contribution < 1.29 is 14.3 Å². The van der Waals surface area contributed by atoms with Gasteiger partial charge in [-0.3, -0.25) is 4.79 Å². The Kier molecular flexibility index (Phi) is 6.34. The van der Waals surface area contributed by atoms with E-state index in [2.05, 4.69) is 10.6 Å². The smallest absolute Gasteiger partial charge is 0.255 e. The largest absolute Gasteiger partial charge is 0.496 e. The van der Waals surface area contributed by atoms with Crippen molar-refractivity contribution in [3.8, 4) is 11.5 Å². The number of fused-ring (bicyclic) bond motifs is 1. The highest BCUT2D eigenvalue weighted by Gasteiger charge is 2.17. The maximum atomic E-state index is 12.6. The number of methoxy groups -OCH3 is 2. The topological polar surface area (TPSA) is 59.6 Å². The minimum atomic E-state index is -0.114. The minimum absolute atomic E-state index is 0.114. The molecule has 1 amide bonds. The summed E-state index contributed by atoms with van der Waals surface area (Å²) in [5.41, 5.74) is 0.547. The first-order chi connectivity index (χ1) is 12.7. The van der Waals surface area contributed by atoms with Crippen LogP contribution in [0.3, 0.4) is 0 Å². The van der Waals surface area contributed by atoms with Gasteiger partial charge >= 0.3 is 0 Å². The monoisotopic (exact) mass is 356 g/mol. The van der Waals surface area contributed by atoms with Crippen LogP contribution >= 0.6 is 0 Å². The Bertz CT molecular complexity index is 754. The van der Waals surface area contributed by atoms with E-state index in [-0.39, 0.29) is 5.91 Å². The molecule has 0 spiro atoms. The quantitative estimate of drug-likeness (QED) is 0.746. The summed E-state index contributed by atoms with van der Waals surface area (Å²) >= 11 is 0. The lowest BCUT2D eigenvalue weighted by Gasteiger charge is -2.22. The van der Waals surface area contributed by atoms with Crippen LogP contribution in [0, 0.1) is 0 Å². The molecule has 0 atom stereocenters. The molecule has 2 aromatic rings. The standard InChI is InChI=1S/C21H28N2O3/c1-25-19-10-6-9-17-16(19)11-12-18(20(17)26-2)21(24)23-14-13-22-15-7-4-3-5-8-15/h6,9-12,15,22H,3-5,7-8,13-14H2,1-2H3,(H,23,24). The number of benzene rings is 2. The third-order valence-electron chi connectivity index (χ3n) is 5.09. The Hall–Kier alpha value is -2.27. The summed E-state index contributed by atoms with van der Waals surface area (Å²) in [6.45, 7) is 1.40. The average molecular weight is 356 g/mol. The molecule has 0 aliphatic heterocycles. The molecular weight excluding hydrogens is 328 g/mol. The van der Waals surface area contributed by atoms with E-state index in [1.807, 2.05) is 24.3 Å². The first-order valence-corrected chi connectivity index (χ1v) is 9.40. The van der Waals surface area contributed by atoms with Gasteiger partial charge in [-0.05, 0) is 31.0 Å². The number of ether oxygens (including phenoxy) is 2. The van der Waals surface area contributed by atoms with E-state index >= 15 is 0 Å². The maximum Gasteiger partial charge on any atom is 0.255 e. The van der Waals surface area contributed by atoms with Crippen molar-refractivity contribution in [2.75, 3.05) is 27.3 Å². The highest BCUT2D eigenvalue weighted by atomic mass is 16.5. The molecule has 5 nitrogen and oxygen atoms in total. The molecule has 5 heteroatoms. The van der Waals surface area contributed by atoms with Crippen LogP contribution in [0.1, 0.15) is 42.5 Å². The predicted molar refractivity (Wildman–Crippen MR) is 104 cm³/mol. The number of carbonyl (C=O) groups is 1. The summed E-state index contributed by atoms with van der Waals surface area (Å²) in [5.74, 6) is 1.24. The van der Waals surface area contributed by atoms with Crippen molar-refractivity contribution >= 4 is 16.7 Å². The molecular formula is C21H28N2O3. The highest BCUT2D eigenvalue weighted by molar-refractivity contribution is 6.05. The van der Waals surface area contributed by atoms with Crippen LogP contribution in [0.4, 0.5) is 0 Å². The molecule has 2 N–H and O–H groups in total.